The molecule has 1 unspecified atom stereocenters. The summed E-state index contributed by atoms with van der Waals surface area (Å²) in [5.41, 5.74) is 5.62. The van der Waals surface area contributed by atoms with Crippen molar-refractivity contribution < 1.29 is 4.39 Å². The first kappa shape index (κ1) is 15.4. The van der Waals surface area contributed by atoms with Crippen molar-refractivity contribution in [1.29, 1.82) is 0 Å². The Balaban J connectivity index is 1.69. The van der Waals surface area contributed by atoms with Crippen molar-refractivity contribution in [2.24, 2.45) is 0 Å². The molecule has 1 N–H and O–H groups in total. The lowest BCUT2D eigenvalue weighted by atomic mass is 9.81. The molecule has 0 radical (unpaired) electrons. The van der Waals surface area contributed by atoms with Crippen molar-refractivity contribution in [2.75, 3.05) is 0 Å². The lowest BCUT2D eigenvalue weighted by Crippen LogP contribution is -2.36. The number of rotatable bonds is 1. The van der Waals surface area contributed by atoms with Crippen molar-refractivity contribution in [3.8, 4) is 11.1 Å². The van der Waals surface area contributed by atoms with E-state index in [4.69, 9.17) is 0 Å². The highest BCUT2D eigenvalue weighted by molar-refractivity contribution is 5.74. The molecule has 26 heavy (non-hydrogen) atoms. The maximum atomic E-state index is 14.2. The first-order valence-electron chi connectivity index (χ1n) is 9.24. The average molecular weight is 341 g/mol. The van der Waals surface area contributed by atoms with Crippen LogP contribution < -0.4 is 15.8 Å². The fraction of sp³-hybridized carbons (Fsp3) is 0.167. The molecular formula is C24H20FN. The molecule has 5 rings (SSSR count). The van der Waals surface area contributed by atoms with Crippen LogP contribution in [0.4, 0.5) is 4.39 Å². The quantitative estimate of drug-likeness (QED) is 0.825. The first-order valence-corrected chi connectivity index (χ1v) is 9.24. The van der Waals surface area contributed by atoms with E-state index >= 15 is 0 Å². The second-order valence-electron chi connectivity index (χ2n) is 7.05. The van der Waals surface area contributed by atoms with Gasteiger partial charge in [-0.15, -0.1) is 0 Å². The smallest absolute Gasteiger partial charge is 0.127 e. The summed E-state index contributed by atoms with van der Waals surface area (Å²) in [6, 6.07) is 9.83. The monoisotopic (exact) mass is 341 g/mol. The third-order valence-electron chi connectivity index (χ3n) is 5.64. The number of hydrogen-bond donors (Lipinski definition) is 1. The van der Waals surface area contributed by atoms with E-state index in [0.717, 1.165) is 29.5 Å². The molecular weight excluding hydrogens is 321 g/mol. The van der Waals surface area contributed by atoms with E-state index in [-0.39, 0.29) is 5.82 Å². The number of halogens is 1. The molecule has 0 amide bonds. The van der Waals surface area contributed by atoms with E-state index in [1.807, 2.05) is 30.5 Å². The largest absolute Gasteiger partial charge is 0.364 e. The Hall–Kier alpha value is -2.87. The summed E-state index contributed by atoms with van der Waals surface area (Å²) in [5.74, 6) is 0.269. The highest BCUT2D eigenvalue weighted by atomic mass is 19.1. The van der Waals surface area contributed by atoms with Crippen LogP contribution in [-0.4, -0.2) is 0 Å². The van der Waals surface area contributed by atoms with Gasteiger partial charge in [0, 0.05) is 17.8 Å². The zero-order valence-electron chi connectivity index (χ0n) is 14.5. The molecule has 2 aromatic carbocycles. The normalized spacial score (nSPS) is 19.7. The van der Waals surface area contributed by atoms with Gasteiger partial charge in [-0.3, -0.25) is 0 Å². The van der Waals surface area contributed by atoms with Crippen LogP contribution in [-0.2, 0) is 6.42 Å². The summed E-state index contributed by atoms with van der Waals surface area (Å²) in [6.45, 7) is 0. The number of hydrogen-bond acceptors (Lipinski definition) is 1. The van der Waals surface area contributed by atoms with E-state index in [0.29, 0.717) is 12.3 Å². The maximum absolute atomic E-state index is 14.2. The Bertz CT molecular complexity index is 1100. The second-order valence-corrected chi connectivity index (χ2v) is 7.05. The highest BCUT2D eigenvalue weighted by Gasteiger charge is 2.23. The minimum Gasteiger partial charge on any atom is -0.364 e. The molecule has 128 valence electrons. The Morgan fingerprint density at radius 1 is 0.923 bits per heavy atom. The summed E-state index contributed by atoms with van der Waals surface area (Å²) >= 11 is 0. The summed E-state index contributed by atoms with van der Waals surface area (Å²) in [4.78, 5) is 0. The number of fused-ring (bicyclic) bond motifs is 5. The van der Waals surface area contributed by atoms with E-state index < -0.39 is 0 Å². The molecule has 2 aliphatic carbocycles. The lowest BCUT2D eigenvalue weighted by molar-refractivity contribution is 0.616. The molecule has 0 fully saturated rings. The SMILES string of the molecule is Fc1cccc2c1CC=c1c-2ccc2c1=CCCC2C1=CC=CC=CN1. The Kier molecular flexibility index (Phi) is 3.63. The minimum absolute atomic E-state index is 0.102. The van der Waals surface area contributed by atoms with Gasteiger partial charge in [-0.25, -0.2) is 4.39 Å². The van der Waals surface area contributed by atoms with Gasteiger partial charge in [0.1, 0.15) is 5.82 Å². The van der Waals surface area contributed by atoms with Crippen LogP contribution >= 0.6 is 0 Å². The standard InChI is InChI=1S/C24H20FN/c25-23-9-5-7-17-19-11-12-20-16(18(19)13-14-21(17)23)6-4-8-22(20)24-10-2-1-3-15-26-24/h1-3,5-7,9-13,15,22,26H,4,8,14H2. The summed E-state index contributed by atoms with van der Waals surface area (Å²) in [7, 11) is 0. The van der Waals surface area contributed by atoms with Gasteiger partial charge in [0.05, 0.1) is 0 Å². The van der Waals surface area contributed by atoms with Crippen molar-refractivity contribution in [1.82, 2.24) is 5.32 Å². The predicted molar refractivity (Wildman–Crippen MR) is 105 cm³/mol. The van der Waals surface area contributed by atoms with Gasteiger partial charge < -0.3 is 5.32 Å². The molecule has 0 aromatic heterocycles. The number of benzene rings is 2. The predicted octanol–water partition coefficient (Wildman–Crippen LogP) is 4.04. The van der Waals surface area contributed by atoms with Crippen molar-refractivity contribution in [3.05, 3.63) is 93.9 Å². The Labute approximate surface area is 152 Å². The van der Waals surface area contributed by atoms with Gasteiger partial charge in [-0.2, -0.15) is 0 Å². The fourth-order valence-electron chi connectivity index (χ4n) is 4.42. The van der Waals surface area contributed by atoms with E-state index in [9.17, 15) is 4.39 Å². The lowest BCUT2D eigenvalue weighted by Gasteiger charge is -2.26. The molecule has 1 heterocycles. The van der Waals surface area contributed by atoms with Crippen LogP contribution in [0.2, 0.25) is 0 Å². The first-order chi connectivity index (χ1) is 12.8. The summed E-state index contributed by atoms with van der Waals surface area (Å²) in [5, 5.41) is 6.04. The molecule has 0 spiro atoms. The fourth-order valence-corrected chi connectivity index (χ4v) is 4.42. The van der Waals surface area contributed by atoms with Crippen LogP contribution in [0.15, 0.2) is 66.5 Å². The third-order valence-corrected chi connectivity index (χ3v) is 5.64. The average Bonchev–Trinajstić information content (AvgIpc) is 2.96. The summed E-state index contributed by atoms with van der Waals surface area (Å²) < 4.78 is 14.2. The van der Waals surface area contributed by atoms with Crippen molar-refractivity contribution in [3.63, 3.8) is 0 Å². The number of nitrogens with one attached hydrogen (secondary N) is 1. The molecule has 1 atom stereocenters. The van der Waals surface area contributed by atoms with Crippen molar-refractivity contribution >= 4 is 12.2 Å². The molecule has 0 bridgehead atoms. The van der Waals surface area contributed by atoms with E-state index in [1.54, 1.807) is 6.07 Å². The molecule has 2 heteroatoms. The molecule has 1 nitrogen and oxygen atoms in total. The van der Waals surface area contributed by atoms with E-state index in [2.05, 4.69) is 41.8 Å². The minimum atomic E-state index is -0.102. The highest BCUT2D eigenvalue weighted by Crippen LogP contribution is 2.31. The van der Waals surface area contributed by atoms with Crippen LogP contribution in [0.1, 0.15) is 29.9 Å². The molecule has 1 aliphatic heterocycles. The van der Waals surface area contributed by atoms with Gasteiger partial charge in [0.15, 0.2) is 0 Å². The maximum Gasteiger partial charge on any atom is 0.127 e. The number of allylic oxidation sites excluding steroid dienone is 5. The van der Waals surface area contributed by atoms with Crippen LogP contribution in [0.3, 0.4) is 0 Å². The second kappa shape index (κ2) is 6.14. The van der Waals surface area contributed by atoms with Gasteiger partial charge in [-0.1, -0.05) is 48.6 Å². The van der Waals surface area contributed by atoms with Gasteiger partial charge in [0.25, 0.3) is 0 Å². The van der Waals surface area contributed by atoms with Crippen LogP contribution in [0, 0.1) is 5.82 Å². The molecule has 0 saturated carbocycles. The van der Waals surface area contributed by atoms with Gasteiger partial charge in [-0.05, 0) is 70.2 Å². The molecule has 2 aromatic rings. The molecule has 3 aliphatic rings. The van der Waals surface area contributed by atoms with Gasteiger partial charge in [0.2, 0.25) is 0 Å². The van der Waals surface area contributed by atoms with Crippen molar-refractivity contribution in [2.45, 2.75) is 25.2 Å². The van der Waals surface area contributed by atoms with Crippen LogP contribution in [0.5, 0.6) is 0 Å². The zero-order chi connectivity index (χ0) is 17.5. The Morgan fingerprint density at radius 2 is 1.88 bits per heavy atom. The molecule has 0 saturated heterocycles. The van der Waals surface area contributed by atoms with Gasteiger partial charge >= 0.3 is 0 Å². The zero-order valence-corrected chi connectivity index (χ0v) is 14.5. The van der Waals surface area contributed by atoms with Crippen LogP contribution in [0.25, 0.3) is 23.3 Å². The summed E-state index contributed by atoms with van der Waals surface area (Å²) in [6.07, 6.45) is 17.7. The Morgan fingerprint density at radius 3 is 2.85 bits per heavy atom. The van der Waals surface area contributed by atoms with E-state index in [1.165, 1.54) is 21.7 Å². The topological polar surface area (TPSA) is 12.0 Å². The third kappa shape index (κ3) is 2.37.